The molecule has 1 amide bonds. The maximum atomic E-state index is 13.9. The van der Waals surface area contributed by atoms with E-state index in [1.165, 1.54) is 24.4 Å². The Kier molecular flexibility index (Phi) is 4.45. The molecule has 0 aliphatic rings. The maximum Gasteiger partial charge on any atom is 0.434 e. The number of carbonyl (C=O) groups excluding carboxylic acids is 1. The first-order valence-electron chi connectivity index (χ1n) is 7.41. The smallest absolute Gasteiger partial charge is 0.306 e. The normalized spacial score (nSPS) is 11.4. The molecular formula is C17H12F4N4O. The average molecular weight is 364 g/mol. The van der Waals surface area contributed by atoms with E-state index in [-0.39, 0.29) is 5.82 Å². The Morgan fingerprint density at radius 2 is 1.92 bits per heavy atom. The number of nitrogens with zero attached hydrogens (tertiary/aromatic N) is 3. The van der Waals surface area contributed by atoms with Gasteiger partial charge in [-0.15, -0.1) is 0 Å². The SMILES string of the molecule is Cc1ccnc(NC(=O)c2cnn(-c3ccccc3F)c2C(F)(F)F)c1. The summed E-state index contributed by atoms with van der Waals surface area (Å²) >= 11 is 0. The van der Waals surface area contributed by atoms with Gasteiger partial charge in [-0.1, -0.05) is 12.1 Å². The van der Waals surface area contributed by atoms with E-state index in [9.17, 15) is 22.4 Å². The van der Waals surface area contributed by atoms with Gasteiger partial charge in [0.1, 0.15) is 17.3 Å². The predicted octanol–water partition coefficient (Wildman–Crippen LogP) is 3.99. The number of nitrogens with one attached hydrogen (secondary N) is 1. The van der Waals surface area contributed by atoms with Crippen LogP contribution in [0.3, 0.4) is 0 Å². The van der Waals surface area contributed by atoms with E-state index < -0.39 is 34.8 Å². The fourth-order valence-corrected chi connectivity index (χ4v) is 2.38. The third-order valence-corrected chi connectivity index (χ3v) is 3.52. The number of rotatable bonds is 3. The zero-order chi connectivity index (χ0) is 18.9. The van der Waals surface area contributed by atoms with Gasteiger partial charge in [-0.05, 0) is 36.8 Å². The van der Waals surface area contributed by atoms with Gasteiger partial charge in [0, 0.05) is 6.20 Å². The lowest BCUT2D eigenvalue weighted by Gasteiger charge is -2.13. The first-order chi connectivity index (χ1) is 12.3. The fraction of sp³-hybridized carbons (Fsp3) is 0.118. The Balaban J connectivity index is 2.05. The highest BCUT2D eigenvalue weighted by atomic mass is 19.4. The Hall–Kier alpha value is -3.23. The molecule has 0 aliphatic carbocycles. The summed E-state index contributed by atoms with van der Waals surface area (Å²) in [5.41, 5.74) is -1.74. The largest absolute Gasteiger partial charge is 0.434 e. The number of aromatic nitrogens is 3. The maximum absolute atomic E-state index is 13.9. The summed E-state index contributed by atoms with van der Waals surface area (Å²) in [6.07, 6.45) is -2.76. The number of para-hydroxylation sites is 1. The summed E-state index contributed by atoms with van der Waals surface area (Å²) in [6, 6.07) is 8.04. The van der Waals surface area contributed by atoms with Crippen molar-refractivity contribution in [1.82, 2.24) is 14.8 Å². The van der Waals surface area contributed by atoms with E-state index in [1.54, 1.807) is 13.0 Å². The molecule has 0 fully saturated rings. The second kappa shape index (κ2) is 6.58. The van der Waals surface area contributed by atoms with Gasteiger partial charge in [0.25, 0.3) is 5.91 Å². The number of hydrogen-bond acceptors (Lipinski definition) is 3. The van der Waals surface area contributed by atoms with E-state index in [2.05, 4.69) is 15.4 Å². The van der Waals surface area contributed by atoms with Crippen LogP contribution in [0.25, 0.3) is 5.69 Å². The van der Waals surface area contributed by atoms with Crippen LogP contribution in [0.2, 0.25) is 0 Å². The van der Waals surface area contributed by atoms with Crippen LogP contribution in [-0.4, -0.2) is 20.7 Å². The molecule has 0 aliphatic heterocycles. The zero-order valence-corrected chi connectivity index (χ0v) is 13.4. The van der Waals surface area contributed by atoms with Crippen LogP contribution >= 0.6 is 0 Å². The molecule has 5 nitrogen and oxygen atoms in total. The third kappa shape index (κ3) is 3.41. The van der Waals surface area contributed by atoms with Crippen LogP contribution in [0.15, 0.2) is 48.8 Å². The average Bonchev–Trinajstić information content (AvgIpc) is 3.00. The van der Waals surface area contributed by atoms with Crippen molar-refractivity contribution in [1.29, 1.82) is 0 Å². The van der Waals surface area contributed by atoms with Crippen LogP contribution in [-0.2, 0) is 6.18 Å². The van der Waals surface area contributed by atoms with E-state index in [4.69, 9.17) is 0 Å². The molecule has 26 heavy (non-hydrogen) atoms. The zero-order valence-electron chi connectivity index (χ0n) is 13.4. The van der Waals surface area contributed by atoms with Gasteiger partial charge in [-0.25, -0.2) is 14.1 Å². The molecule has 0 atom stereocenters. The van der Waals surface area contributed by atoms with Gasteiger partial charge >= 0.3 is 6.18 Å². The van der Waals surface area contributed by atoms with Crippen molar-refractivity contribution in [3.05, 3.63) is 71.4 Å². The van der Waals surface area contributed by atoms with Crippen LogP contribution in [0.4, 0.5) is 23.4 Å². The fourth-order valence-electron chi connectivity index (χ4n) is 2.38. The van der Waals surface area contributed by atoms with Crippen LogP contribution in [0, 0.1) is 12.7 Å². The highest BCUT2D eigenvalue weighted by Gasteiger charge is 2.41. The molecular weight excluding hydrogens is 352 g/mol. The minimum atomic E-state index is -4.93. The van der Waals surface area contributed by atoms with Crippen molar-refractivity contribution < 1.29 is 22.4 Å². The van der Waals surface area contributed by atoms with Gasteiger partial charge in [-0.3, -0.25) is 4.79 Å². The molecule has 0 bridgehead atoms. The van der Waals surface area contributed by atoms with Gasteiger partial charge in [0.05, 0.1) is 11.8 Å². The second-order valence-corrected chi connectivity index (χ2v) is 5.44. The molecule has 9 heteroatoms. The molecule has 0 spiro atoms. The summed E-state index contributed by atoms with van der Waals surface area (Å²) in [5.74, 6) is -1.84. The summed E-state index contributed by atoms with van der Waals surface area (Å²) in [7, 11) is 0. The lowest BCUT2D eigenvalue weighted by atomic mass is 10.2. The number of halogens is 4. The van der Waals surface area contributed by atoms with E-state index >= 15 is 0 Å². The van der Waals surface area contributed by atoms with E-state index in [0.29, 0.717) is 4.68 Å². The van der Waals surface area contributed by atoms with Crippen molar-refractivity contribution in [2.24, 2.45) is 0 Å². The topological polar surface area (TPSA) is 59.8 Å². The standard InChI is InChI=1S/C17H12F4N4O/c1-10-6-7-22-14(8-10)24-16(26)11-9-23-25(15(11)17(19,20)21)13-5-3-2-4-12(13)18/h2-9H,1H3,(H,22,24,26). The molecule has 134 valence electrons. The summed E-state index contributed by atoms with van der Waals surface area (Å²) in [5, 5.41) is 5.86. The summed E-state index contributed by atoms with van der Waals surface area (Å²) in [4.78, 5) is 16.2. The molecule has 3 aromatic rings. The van der Waals surface area contributed by atoms with Gasteiger partial charge in [-0.2, -0.15) is 18.3 Å². The number of carbonyl (C=O) groups is 1. The van der Waals surface area contributed by atoms with Crippen LogP contribution in [0.5, 0.6) is 0 Å². The third-order valence-electron chi connectivity index (χ3n) is 3.52. The van der Waals surface area contributed by atoms with Gasteiger partial charge in [0.15, 0.2) is 5.69 Å². The van der Waals surface area contributed by atoms with Crippen LogP contribution < -0.4 is 5.32 Å². The number of hydrogen-bond donors (Lipinski definition) is 1. The molecule has 1 aromatic carbocycles. The minimum Gasteiger partial charge on any atom is -0.306 e. The lowest BCUT2D eigenvalue weighted by Crippen LogP contribution is -2.21. The highest BCUT2D eigenvalue weighted by Crippen LogP contribution is 2.34. The molecule has 3 rings (SSSR count). The quantitative estimate of drug-likeness (QED) is 0.715. The van der Waals surface area contributed by atoms with Crippen LogP contribution in [0.1, 0.15) is 21.6 Å². The second-order valence-electron chi connectivity index (χ2n) is 5.44. The van der Waals surface area contributed by atoms with Gasteiger partial charge in [0.2, 0.25) is 0 Å². The number of aryl methyl sites for hydroxylation is 1. The molecule has 0 saturated heterocycles. The van der Waals surface area contributed by atoms with Crippen molar-refractivity contribution >= 4 is 11.7 Å². The Morgan fingerprint density at radius 1 is 1.19 bits per heavy atom. The first-order valence-corrected chi connectivity index (χ1v) is 7.41. The Labute approximate surface area is 145 Å². The summed E-state index contributed by atoms with van der Waals surface area (Å²) < 4.78 is 54.9. The predicted molar refractivity (Wildman–Crippen MR) is 85.5 cm³/mol. The van der Waals surface area contributed by atoms with Gasteiger partial charge < -0.3 is 5.32 Å². The van der Waals surface area contributed by atoms with E-state index in [1.807, 2.05) is 0 Å². The lowest BCUT2D eigenvalue weighted by molar-refractivity contribution is -0.143. The molecule has 2 aromatic heterocycles. The molecule has 0 radical (unpaired) electrons. The monoisotopic (exact) mass is 364 g/mol. The number of alkyl halides is 3. The molecule has 0 unspecified atom stereocenters. The summed E-state index contributed by atoms with van der Waals surface area (Å²) in [6.45, 7) is 1.74. The highest BCUT2D eigenvalue weighted by molar-refractivity contribution is 6.04. The van der Waals surface area contributed by atoms with Crippen molar-refractivity contribution in [3.8, 4) is 5.69 Å². The first kappa shape index (κ1) is 17.6. The number of pyridine rings is 1. The van der Waals surface area contributed by atoms with Crippen molar-refractivity contribution in [2.75, 3.05) is 5.32 Å². The van der Waals surface area contributed by atoms with Crippen molar-refractivity contribution in [3.63, 3.8) is 0 Å². The number of anilines is 1. The van der Waals surface area contributed by atoms with E-state index in [0.717, 1.165) is 23.9 Å². The minimum absolute atomic E-state index is 0.0989. The Bertz CT molecular complexity index is 965. The molecule has 1 N–H and O–H groups in total. The molecule has 0 saturated carbocycles. The Morgan fingerprint density at radius 3 is 2.58 bits per heavy atom. The number of benzene rings is 1. The number of amides is 1. The van der Waals surface area contributed by atoms with Crippen molar-refractivity contribution in [2.45, 2.75) is 13.1 Å². The molecule has 2 heterocycles.